The summed E-state index contributed by atoms with van der Waals surface area (Å²) in [6.45, 7) is 6.91. The Hall–Kier alpha value is -5.02. The highest BCUT2D eigenvalue weighted by Gasteiger charge is 2.27. The first kappa shape index (κ1) is 23.5. The lowest BCUT2D eigenvalue weighted by Gasteiger charge is -2.25. The molecule has 0 spiro atoms. The molecule has 0 bridgehead atoms. The Kier molecular flexibility index (Phi) is 4.42. The molecule has 43 heavy (non-hydrogen) atoms. The van der Waals surface area contributed by atoms with E-state index in [1.807, 2.05) is 12.1 Å². The molecule has 5 aromatic carbocycles. The Balaban J connectivity index is 1.43. The van der Waals surface area contributed by atoms with Crippen molar-refractivity contribution < 1.29 is 8.83 Å². The molecular formula is C40H29NO2. The summed E-state index contributed by atoms with van der Waals surface area (Å²) in [6, 6.07) is 30.7. The van der Waals surface area contributed by atoms with E-state index >= 15 is 0 Å². The van der Waals surface area contributed by atoms with Gasteiger partial charge in [-0.3, -0.25) is 0 Å². The fourth-order valence-electron chi connectivity index (χ4n) is 7.85. The summed E-state index contributed by atoms with van der Waals surface area (Å²) in [6.07, 6.45) is 7.20. The molecule has 0 fully saturated rings. The third-order valence-electron chi connectivity index (χ3n) is 10.0. The number of fused-ring (bicyclic) bond motifs is 14. The smallest absolute Gasteiger partial charge is 0.160 e. The van der Waals surface area contributed by atoms with E-state index in [1.165, 1.54) is 38.2 Å². The SMILES string of the molecule is CC(C)C1=CC(c2cc3c4ccc5c6ccccc6oc5c4n4c3c(c2)c2ccc3c5ccccc5oc3c24)C(C)C=C1. The number of para-hydroxylation sites is 2. The lowest BCUT2D eigenvalue weighted by Crippen LogP contribution is -2.11. The zero-order valence-electron chi connectivity index (χ0n) is 24.3. The van der Waals surface area contributed by atoms with Crippen LogP contribution < -0.4 is 0 Å². The highest BCUT2D eigenvalue weighted by molar-refractivity contribution is 6.31. The van der Waals surface area contributed by atoms with Crippen molar-refractivity contribution in [1.82, 2.24) is 4.40 Å². The van der Waals surface area contributed by atoms with Crippen LogP contribution in [0.25, 0.3) is 82.0 Å². The molecule has 1 aliphatic rings. The van der Waals surface area contributed by atoms with E-state index < -0.39 is 0 Å². The van der Waals surface area contributed by atoms with Crippen molar-refractivity contribution in [3.63, 3.8) is 0 Å². The number of furan rings is 2. The first-order valence-corrected chi connectivity index (χ1v) is 15.3. The summed E-state index contributed by atoms with van der Waals surface area (Å²) in [5.74, 6) is 1.23. The second-order valence-electron chi connectivity index (χ2n) is 12.7. The number of nitrogens with zero attached hydrogens (tertiary/aromatic N) is 1. The minimum Gasteiger partial charge on any atom is -0.454 e. The highest BCUT2D eigenvalue weighted by Crippen LogP contribution is 2.48. The van der Waals surface area contributed by atoms with Gasteiger partial charge in [-0.2, -0.15) is 0 Å². The molecule has 0 amide bonds. The molecule has 0 N–H and O–H groups in total. The van der Waals surface area contributed by atoms with E-state index in [9.17, 15) is 0 Å². The van der Waals surface area contributed by atoms with Gasteiger partial charge in [-0.05, 0) is 59.4 Å². The second-order valence-corrected chi connectivity index (χ2v) is 12.7. The lowest BCUT2D eigenvalue weighted by molar-refractivity contribution is 0.616. The largest absolute Gasteiger partial charge is 0.454 e. The minimum atomic E-state index is 0.315. The summed E-state index contributed by atoms with van der Waals surface area (Å²) >= 11 is 0. The quantitative estimate of drug-likeness (QED) is 0.212. The molecule has 0 aliphatic heterocycles. The maximum Gasteiger partial charge on any atom is 0.160 e. The maximum absolute atomic E-state index is 6.68. The average Bonchev–Trinajstić information content (AvgIpc) is 3.76. The van der Waals surface area contributed by atoms with Crippen molar-refractivity contribution in [1.29, 1.82) is 0 Å². The topological polar surface area (TPSA) is 30.7 Å². The molecule has 3 nitrogen and oxygen atoms in total. The number of rotatable bonds is 2. The Labute approximate surface area is 247 Å². The Morgan fingerprint density at radius 1 is 0.605 bits per heavy atom. The fraction of sp³-hybridized carbons (Fsp3) is 0.150. The maximum atomic E-state index is 6.68. The third kappa shape index (κ3) is 2.94. The first-order chi connectivity index (χ1) is 21.1. The molecule has 3 heteroatoms. The summed E-state index contributed by atoms with van der Waals surface area (Å²) < 4.78 is 15.8. The molecule has 4 heterocycles. The molecule has 0 saturated carbocycles. The monoisotopic (exact) mass is 555 g/mol. The number of hydrogen-bond acceptors (Lipinski definition) is 2. The van der Waals surface area contributed by atoms with Gasteiger partial charge in [-0.25, -0.2) is 0 Å². The molecule has 0 saturated heterocycles. The van der Waals surface area contributed by atoms with E-state index in [0.717, 1.165) is 54.9 Å². The standard InChI is InChI=1S/C40H29NO2/c1-21(2)23-13-12-22(3)31(18-23)24-19-32-27-14-16-29-25-8-4-6-10-34(25)42-39(29)37(27)41-36(32)33(20-24)28-15-17-30-26-9-5-7-11-35(26)43-40(30)38(28)41/h4-22,31H,1-3H3. The van der Waals surface area contributed by atoms with Crippen LogP contribution in [-0.4, -0.2) is 4.40 Å². The number of benzene rings is 5. The first-order valence-electron chi connectivity index (χ1n) is 15.3. The van der Waals surface area contributed by atoms with Crippen LogP contribution in [0.1, 0.15) is 32.3 Å². The van der Waals surface area contributed by atoms with Crippen molar-refractivity contribution in [3.8, 4) is 0 Å². The average molecular weight is 556 g/mol. The predicted molar refractivity (Wildman–Crippen MR) is 180 cm³/mol. The van der Waals surface area contributed by atoms with Gasteiger partial charge < -0.3 is 13.2 Å². The van der Waals surface area contributed by atoms with Crippen LogP contribution in [0.2, 0.25) is 0 Å². The molecule has 2 atom stereocenters. The molecule has 1 aliphatic carbocycles. The third-order valence-corrected chi connectivity index (χ3v) is 10.0. The normalized spacial score (nSPS) is 17.9. The van der Waals surface area contributed by atoms with Crippen molar-refractivity contribution in [3.05, 3.63) is 114 Å². The van der Waals surface area contributed by atoms with Crippen LogP contribution in [0.5, 0.6) is 0 Å². The van der Waals surface area contributed by atoms with Gasteiger partial charge >= 0.3 is 0 Å². The van der Waals surface area contributed by atoms with Gasteiger partial charge in [0.2, 0.25) is 0 Å². The van der Waals surface area contributed by atoms with Gasteiger partial charge in [0, 0.05) is 49.0 Å². The van der Waals surface area contributed by atoms with Crippen molar-refractivity contribution in [2.24, 2.45) is 11.8 Å². The summed E-state index contributed by atoms with van der Waals surface area (Å²) in [5, 5.41) is 9.55. The van der Waals surface area contributed by atoms with Crippen LogP contribution in [0.3, 0.4) is 0 Å². The molecule has 206 valence electrons. The number of aromatic nitrogens is 1. The Morgan fingerprint density at radius 2 is 1.14 bits per heavy atom. The molecule has 2 unspecified atom stereocenters. The van der Waals surface area contributed by atoms with E-state index in [4.69, 9.17) is 8.83 Å². The summed E-state index contributed by atoms with van der Waals surface area (Å²) in [7, 11) is 0. The van der Waals surface area contributed by atoms with Crippen LogP contribution in [0.4, 0.5) is 0 Å². The molecule has 9 aromatic rings. The summed E-state index contributed by atoms with van der Waals surface area (Å²) in [5.41, 5.74) is 9.93. The number of allylic oxidation sites excluding steroid dienone is 4. The second kappa shape index (κ2) is 8.08. The van der Waals surface area contributed by atoms with Crippen molar-refractivity contribution in [2.75, 3.05) is 0 Å². The van der Waals surface area contributed by atoms with Gasteiger partial charge in [0.25, 0.3) is 0 Å². The van der Waals surface area contributed by atoms with E-state index in [0.29, 0.717) is 17.8 Å². The Bertz CT molecular complexity index is 2510. The van der Waals surface area contributed by atoms with Crippen molar-refractivity contribution in [2.45, 2.75) is 26.7 Å². The molecule has 4 aromatic heterocycles. The molecule has 0 radical (unpaired) electrons. The molecule has 10 rings (SSSR count). The van der Waals surface area contributed by atoms with Crippen LogP contribution in [0, 0.1) is 11.8 Å². The zero-order chi connectivity index (χ0) is 28.6. The van der Waals surface area contributed by atoms with E-state index in [2.05, 4.69) is 116 Å². The van der Waals surface area contributed by atoms with E-state index in [1.54, 1.807) is 0 Å². The Morgan fingerprint density at radius 3 is 1.70 bits per heavy atom. The predicted octanol–water partition coefficient (Wildman–Crippen LogP) is 11.5. The highest BCUT2D eigenvalue weighted by atomic mass is 16.3. The van der Waals surface area contributed by atoms with Gasteiger partial charge in [0.15, 0.2) is 11.2 Å². The van der Waals surface area contributed by atoms with Gasteiger partial charge in [0.1, 0.15) is 11.2 Å². The van der Waals surface area contributed by atoms with Gasteiger partial charge in [-0.15, -0.1) is 0 Å². The zero-order valence-corrected chi connectivity index (χ0v) is 24.3. The molecular weight excluding hydrogens is 526 g/mol. The van der Waals surface area contributed by atoms with Crippen molar-refractivity contribution >= 4 is 82.0 Å². The van der Waals surface area contributed by atoms with E-state index in [-0.39, 0.29) is 0 Å². The van der Waals surface area contributed by atoms with Crippen LogP contribution in [-0.2, 0) is 0 Å². The summed E-state index contributed by atoms with van der Waals surface area (Å²) in [4.78, 5) is 0. The van der Waals surface area contributed by atoms with Gasteiger partial charge in [-0.1, -0.05) is 87.5 Å². The number of hydrogen-bond donors (Lipinski definition) is 0. The van der Waals surface area contributed by atoms with Crippen LogP contribution >= 0.6 is 0 Å². The lowest BCUT2D eigenvalue weighted by atomic mass is 9.79. The van der Waals surface area contributed by atoms with Gasteiger partial charge in [0.05, 0.1) is 16.6 Å². The van der Waals surface area contributed by atoms with Crippen LogP contribution in [0.15, 0.2) is 118 Å². The fourth-order valence-corrected chi connectivity index (χ4v) is 7.85. The minimum absolute atomic E-state index is 0.315.